The summed E-state index contributed by atoms with van der Waals surface area (Å²) in [6, 6.07) is 4.16. The van der Waals surface area contributed by atoms with E-state index in [2.05, 4.69) is 29.4 Å². The first kappa shape index (κ1) is 12.1. The van der Waals surface area contributed by atoms with Crippen LogP contribution in [0.3, 0.4) is 0 Å². The smallest absolute Gasteiger partial charge is 0.0541 e. The summed E-state index contributed by atoms with van der Waals surface area (Å²) >= 11 is 0. The Bertz CT molecular complexity index is 259. The normalized spacial score (nSPS) is 10.5. The van der Waals surface area contributed by atoms with Crippen LogP contribution in [0.5, 0.6) is 0 Å². The van der Waals surface area contributed by atoms with Crippen molar-refractivity contribution < 1.29 is 4.74 Å². The van der Waals surface area contributed by atoms with Crippen LogP contribution in [-0.4, -0.2) is 25.2 Å². The van der Waals surface area contributed by atoms with Crippen LogP contribution in [0.4, 0.5) is 0 Å². The maximum atomic E-state index is 4.98. The summed E-state index contributed by atoms with van der Waals surface area (Å²) in [5.41, 5.74) is 2.31. The van der Waals surface area contributed by atoms with Crippen LogP contribution < -0.4 is 5.32 Å². The molecule has 0 saturated carbocycles. The third kappa shape index (κ3) is 5.50. The number of nitrogens with zero attached hydrogens (tertiary/aromatic N) is 1. The van der Waals surface area contributed by atoms with Crippen LogP contribution in [-0.2, 0) is 11.3 Å². The highest BCUT2D eigenvalue weighted by Crippen LogP contribution is 1.98. The molecule has 0 fully saturated rings. The number of ether oxygens (including phenoxy) is 1. The molecular formula is C12H20N2O. The van der Waals surface area contributed by atoms with Crippen molar-refractivity contribution in [3.05, 3.63) is 29.6 Å². The fourth-order valence-corrected chi connectivity index (χ4v) is 1.32. The average Bonchev–Trinajstić information content (AvgIpc) is 2.26. The monoisotopic (exact) mass is 208 g/mol. The zero-order valence-corrected chi connectivity index (χ0v) is 9.62. The fraction of sp³-hybridized carbons (Fsp3) is 0.583. The third-order valence-corrected chi connectivity index (χ3v) is 2.23. The minimum absolute atomic E-state index is 0.852. The number of pyridine rings is 1. The summed E-state index contributed by atoms with van der Waals surface area (Å²) in [5, 5.41) is 3.36. The third-order valence-electron chi connectivity index (χ3n) is 2.23. The van der Waals surface area contributed by atoms with Crippen molar-refractivity contribution in [1.82, 2.24) is 10.3 Å². The first-order valence-corrected chi connectivity index (χ1v) is 5.44. The Kier molecular flexibility index (Phi) is 5.97. The molecule has 0 radical (unpaired) electrons. The fourth-order valence-electron chi connectivity index (χ4n) is 1.32. The maximum absolute atomic E-state index is 4.98. The molecule has 1 aromatic rings. The highest BCUT2D eigenvalue weighted by Gasteiger charge is 1.93. The van der Waals surface area contributed by atoms with Gasteiger partial charge in [-0.1, -0.05) is 6.07 Å². The van der Waals surface area contributed by atoms with Crippen LogP contribution in [0.25, 0.3) is 0 Å². The molecule has 0 bridgehead atoms. The van der Waals surface area contributed by atoms with E-state index in [-0.39, 0.29) is 0 Å². The van der Waals surface area contributed by atoms with E-state index in [0.717, 1.165) is 38.2 Å². The molecule has 1 N–H and O–H groups in total. The Morgan fingerprint density at radius 2 is 2.20 bits per heavy atom. The molecule has 0 atom stereocenters. The van der Waals surface area contributed by atoms with Gasteiger partial charge in [-0.25, -0.2) is 0 Å². The maximum Gasteiger partial charge on any atom is 0.0541 e. The summed E-state index contributed by atoms with van der Waals surface area (Å²) in [6.45, 7) is 4.78. The summed E-state index contributed by atoms with van der Waals surface area (Å²) in [4.78, 5) is 4.33. The summed E-state index contributed by atoms with van der Waals surface area (Å²) in [6.07, 6.45) is 4.17. The number of nitrogens with one attached hydrogen (secondary N) is 1. The topological polar surface area (TPSA) is 34.1 Å². The summed E-state index contributed by atoms with van der Waals surface area (Å²) in [5.74, 6) is 0. The molecule has 0 saturated heterocycles. The molecule has 0 aliphatic heterocycles. The van der Waals surface area contributed by atoms with E-state index in [1.807, 2.05) is 6.20 Å². The van der Waals surface area contributed by atoms with Crippen molar-refractivity contribution in [2.45, 2.75) is 26.3 Å². The number of unbranched alkanes of at least 4 members (excludes halogenated alkanes) is 1. The van der Waals surface area contributed by atoms with Gasteiger partial charge in [-0.2, -0.15) is 0 Å². The minimum atomic E-state index is 0.852. The van der Waals surface area contributed by atoms with Gasteiger partial charge in [-0.15, -0.1) is 0 Å². The van der Waals surface area contributed by atoms with Crippen LogP contribution in [0, 0.1) is 6.92 Å². The largest absolute Gasteiger partial charge is 0.385 e. The van der Waals surface area contributed by atoms with Crippen molar-refractivity contribution in [2.75, 3.05) is 20.3 Å². The van der Waals surface area contributed by atoms with Gasteiger partial charge in [-0.05, 0) is 37.9 Å². The zero-order chi connectivity index (χ0) is 10.9. The Balaban J connectivity index is 2.07. The van der Waals surface area contributed by atoms with Crippen LogP contribution in [0.2, 0.25) is 0 Å². The number of methoxy groups -OCH3 is 1. The Hall–Kier alpha value is -0.930. The molecule has 1 rings (SSSR count). The van der Waals surface area contributed by atoms with Crippen molar-refractivity contribution in [1.29, 1.82) is 0 Å². The first-order chi connectivity index (χ1) is 7.33. The quantitative estimate of drug-likeness (QED) is 0.695. The molecule has 1 heterocycles. The van der Waals surface area contributed by atoms with E-state index in [1.165, 1.54) is 5.56 Å². The molecule has 3 nitrogen and oxygen atoms in total. The van der Waals surface area contributed by atoms with Gasteiger partial charge in [0.2, 0.25) is 0 Å². The van der Waals surface area contributed by atoms with Crippen molar-refractivity contribution in [3.63, 3.8) is 0 Å². The molecule has 0 aromatic carbocycles. The van der Waals surface area contributed by atoms with Gasteiger partial charge in [0.05, 0.1) is 5.69 Å². The predicted octanol–water partition coefficient (Wildman–Crippen LogP) is 1.91. The second kappa shape index (κ2) is 7.37. The molecule has 0 aliphatic carbocycles. The van der Waals surface area contributed by atoms with Gasteiger partial charge in [0.25, 0.3) is 0 Å². The van der Waals surface area contributed by atoms with E-state index in [4.69, 9.17) is 4.74 Å². The lowest BCUT2D eigenvalue weighted by Crippen LogP contribution is -2.15. The van der Waals surface area contributed by atoms with Gasteiger partial charge in [0, 0.05) is 26.5 Å². The van der Waals surface area contributed by atoms with Crippen LogP contribution in [0.15, 0.2) is 18.3 Å². The zero-order valence-electron chi connectivity index (χ0n) is 9.62. The van der Waals surface area contributed by atoms with E-state index in [9.17, 15) is 0 Å². The molecule has 0 spiro atoms. The number of aryl methyl sites for hydroxylation is 1. The van der Waals surface area contributed by atoms with Gasteiger partial charge < -0.3 is 10.1 Å². The number of rotatable bonds is 7. The van der Waals surface area contributed by atoms with Crippen molar-refractivity contribution in [2.24, 2.45) is 0 Å². The van der Waals surface area contributed by atoms with Crippen molar-refractivity contribution >= 4 is 0 Å². The second-order valence-electron chi connectivity index (χ2n) is 3.70. The molecule has 0 unspecified atom stereocenters. The molecule has 3 heteroatoms. The van der Waals surface area contributed by atoms with Crippen LogP contribution in [0.1, 0.15) is 24.1 Å². The van der Waals surface area contributed by atoms with Gasteiger partial charge in [0.1, 0.15) is 0 Å². The summed E-state index contributed by atoms with van der Waals surface area (Å²) in [7, 11) is 1.74. The van der Waals surface area contributed by atoms with Crippen molar-refractivity contribution in [3.8, 4) is 0 Å². The molecule has 1 aromatic heterocycles. The Morgan fingerprint density at radius 3 is 2.87 bits per heavy atom. The molecular weight excluding hydrogens is 188 g/mol. The van der Waals surface area contributed by atoms with Crippen LogP contribution >= 0.6 is 0 Å². The molecule has 84 valence electrons. The number of hydrogen-bond donors (Lipinski definition) is 1. The van der Waals surface area contributed by atoms with E-state index >= 15 is 0 Å². The number of hydrogen-bond acceptors (Lipinski definition) is 3. The average molecular weight is 208 g/mol. The lowest BCUT2D eigenvalue weighted by Gasteiger charge is -2.04. The van der Waals surface area contributed by atoms with E-state index < -0.39 is 0 Å². The van der Waals surface area contributed by atoms with Gasteiger partial charge in [-0.3, -0.25) is 4.98 Å². The Labute approximate surface area is 91.9 Å². The lowest BCUT2D eigenvalue weighted by molar-refractivity contribution is 0.192. The van der Waals surface area contributed by atoms with Gasteiger partial charge in [0.15, 0.2) is 0 Å². The second-order valence-corrected chi connectivity index (χ2v) is 3.70. The van der Waals surface area contributed by atoms with E-state index in [1.54, 1.807) is 7.11 Å². The first-order valence-electron chi connectivity index (χ1n) is 5.44. The van der Waals surface area contributed by atoms with E-state index in [0.29, 0.717) is 0 Å². The lowest BCUT2D eigenvalue weighted by atomic mass is 10.2. The highest BCUT2D eigenvalue weighted by molar-refractivity contribution is 5.11. The predicted molar refractivity (Wildman–Crippen MR) is 61.8 cm³/mol. The van der Waals surface area contributed by atoms with Gasteiger partial charge >= 0.3 is 0 Å². The Morgan fingerprint density at radius 1 is 1.33 bits per heavy atom. The molecule has 15 heavy (non-hydrogen) atoms. The molecule has 0 amide bonds. The summed E-state index contributed by atoms with van der Waals surface area (Å²) < 4.78 is 4.98. The highest BCUT2D eigenvalue weighted by atomic mass is 16.5. The molecule has 0 aliphatic rings. The SMILES string of the molecule is COCCCCNCc1ccc(C)cn1. The minimum Gasteiger partial charge on any atom is -0.385 e. The standard InChI is InChI=1S/C12H20N2O/c1-11-5-6-12(14-9-11)10-13-7-3-4-8-15-2/h5-6,9,13H,3-4,7-8,10H2,1-2H3. The number of aromatic nitrogens is 1.